The normalized spacial score (nSPS) is 13.8. The molecule has 3 heteroatoms. The molecule has 0 atom stereocenters. The van der Waals surface area contributed by atoms with Gasteiger partial charge in [-0.3, -0.25) is 0 Å². The van der Waals surface area contributed by atoms with Crippen molar-refractivity contribution in [3.05, 3.63) is 24.3 Å². The van der Waals surface area contributed by atoms with Crippen molar-refractivity contribution in [1.29, 1.82) is 0 Å². The molecular formula is C7H4O3. The molecule has 3 rings (SSSR count). The Labute approximate surface area is 57.2 Å². The molecule has 50 valence electrons. The van der Waals surface area contributed by atoms with E-state index in [2.05, 4.69) is 9.47 Å². The van der Waals surface area contributed by atoms with Crippen LogP contribution in [0, 0.1) is 0 Å². The molecule has 0 spiro atoms. The molecule has 1 aromatic carbocycles. The van der Waals surface area contributed by atoms with Gasteiger partial charge in [-0.25, -0.2) is 4.79 Å². The highest BCUT2D eigenvalue weighted by Crippen LogP contribution is 2.21. The van der Waals surface area contributed by atoms with Crippen LogP contribution in [0.15, 0.2) is 24.3 Å². The Balaban J connectivity index is 2.53. The van der Waals surface area contributed by atoms with Gasteiger partial charge in [-0.05, 0) is 24.3 Å². The summed E-state index contributed by atoms with van der Waals surface area (Å²) in [6.45, 7) is 0. The van der Waals surface area contributed by atoms with E-state index in [4.69, 9.17) is 0 Å². The van der Waals surface area contributed by atoms with Crippen LogP contribution in [0.25, 0.3) is 0 Å². The smallest absolute Gasteiger partial charge is 0.395 e. The van der Waals surface area contributed by atoms with E-state index in [1.165, 1.54) is 0 Å². The van der Waals surface area contributed by atoms with E-state index in [1.54, 1.807) is 24.3 Å². The third-order valence-corrected chi connectivity index (χ3v) is 1.23. The predicted octanol–water partition coefficient (Wildman–Crippen LogP) is 1.58. The average molecular weight is 136 g/mol. The van der Waals surface area contributed by atoms with Gasteiger partial charge in [-0.2, -0.15) is 0 Å². The Morgan fingerprint density at radius 2 is 1.30 bits per heavy atom. The van der Waals surface area contributed by atoms with Crippen molar-refractivity contribution in [2.75, 3.05) is 0 Å². The predicted molar refractivity (Wildman–Crippen MR) is 33.1 cm³/mol. The second-order valence-electron chi connectivity index (χ2n) is 1.93. The summed E-state index contributed by atoms with van der Waals surface area (Å²) in [4.78, 5) is 10.6. The zero-order valence-corrected chi connectivity index (χ0v) is 5.03. The number of rotatable bonds is 0. The maximum absolute atomic E-state index is 10.6. The average Bonchev–Trinajstić information content (AvgIpc) is 2.17. The molecule has 0 saturated heterocycles. The van der Waals surface area contributed by atoms with Crippen LogP contribution in [-0.2, 0) is 0 Å². The summed E-state index contributed by atoms with van der Waals surface area (Å²) >= 11 is 0. The SMILES string of the molecule is O=C1Oc2ccc(cc2)O1. The van der Waals surface area contributed by atoms with Gasteiger partial charge < -0.3 is 9.47 Å². The van der Waals surface area contributed by atoms with E-state index in [-0.39, 0.29) is 0 Å². The lowest BCUT2D eigenvalue weighted by Crippen LogP contribution is -2.10. The Hall–Kier alpha value is -1.51. The van der Waals surface area contributed by atoms with Crippen LogP contribution in [0.1, 0.15) is 0 Å². The summed E-state index contributed by atoms with van der Waals surface area (Å²) in [5, 5.41) is 0. The monoisotopic (exact) mass is 136 g/mol. The summed E-state index contributed by atoms with van der Waals surface area (Å²) < 4.78 is 9.33. The molecule has 0 fully saturated rings. The molecule has 0 saturated carbocycles. The summed E-state index contributed by atoms with van der Waals surface area (Å²) in [5.74, 6) is 1.04. The lowest BCUT2D eigenvalue weighted by Gasteiger charge is -1.94. The Bertz CT molecular complexity index is 236. The van der Waals surface area contributed by atoms with E-state index in [9.17, 15) is 4.79 Å². The van der Waals surface area contributed by atoms with Gasteiger partial charge in [-0.15, -0.1) is 0 Å². The largest absolute Gasteiger partial charge is 0.519 e. The number of hydrogen-bond acceptors (Lipinski definition) is 3. The molecule has 3 nitrogen and oxygen atoms in total. The highest BCUT2D eigenvalue weighted by atomic mass is 16.7. The van der Waals surface area contributed by atoms with Crippen molar-refractivity contribution < 1.29 is 14.3 Å². The number of fused-ring (bicyclic) bond motifs is 4. The quantitative estimate of drug-likeness (QED) is 0.401. The molecule has 2 heterocycles. The standard InChI is InChI=1S/C7H4O3/c8-7-9-5-1-2-6(10-7)4-3-5/h1-4H. The lowest BCUT2D eigenvalue weighted by molar-refractivity contribution is 0.155. The summed E-state index contributed by atoms with van der Waals surface area (Å²) in [6.07, 6.45) is -0.667. The van der Waals surface area contributed by atoms with Crippen LogP contribution in [0.4, 0.5) is 4.79 Å². The minimum atomic E-state index is -0.667. The van der Waals surface area contributed by atoms with Gasteiger partial charge in [0.15, 0.2) is 0 Å². The Morgan fingerprint density at radius 3 is 1.70 bits per heavy atom. The van der Waals surface area contributed by atoms with Crippen molar-refractivity contribution in [1.82, 2.24) is 0 Å². The minimum Gasteiger partial charge on any atom is -0.395 e. The summed E-state index contributed by atoms with van der Waals surface area (Å²) in [7, 11) is 0. The summed E-state index contributed by atoms with van der Waals surface area (Å²) in [5.41, 5.74) is 0. The molecule has 0 radical (unpaired) electrons. The molecule has 0 aliphatic carbocycles. The zero-order chi connectivity index (χ0) is 6.97. The van der Waals surface area contributed by atoms with Gasteiger partial charge >= 0.3 is 6.16 Å². The van der Waals surface area contributed by atoms with Crippen LogP contribution >= 0.6 is 0 Å². The molecule has 2 bridgehead atoms. The first-order chi connectivity index (χ1) is 4.84. The molecule has 0 unspecified atom stereocenters. The molecular weight excluding hydrogens is 132 g/mol. The van der Waals surface area contributed by atoms with E-state index in [0.717, 1.165) is 0 Å². The van der Waals surface area contributed by atoms with Crippen molar-refractivity contribution >= 4 is 6.16 Å². The maximum Gasteiger partial charge on any atom is 0.519 e. The van der Waals surface area contributed by atoms with Crippen LogP contribution in [0.2, 0.25) is 0 Å². The van der Waals surface area contributed by atoms with Crippen molar-refractivity contribution in [2.24, 2.45) is 0 Å². The van der Waals surface area contributed by atoms with Gasteiger partial charge in [0.05, 0.1) is 0 Å². The van der Waals surface area contributed by atoms with Crippen LogP contribution in [-0.4, -0.2) is 6.16 Å². The number of ether oxygens (including phenoxy) is 2. The lowest BCUT2D eigenvalue weighted by atomic mass is 10.3. The Morgan fingerprint density at radius 1 is 0.900 bits per heavy atom. The van der Waals surface area contributed by atoms with E-state index >= 15 is 0 Å². The van der Waals surface area contributed by atoms with Crippen LogP contribution in [0.3, 0.4) is 0 Å². The second-order valence-corrected chi connectivity index (χ2v) is 1.93. The minimum absolute atomic E-state index is 0.520. The molecule has 10 heavy (non-hydrogen) atoms. The molecule has 0 amide bonds. The maximum atomic E-state index is 10.6. The number of hydrogen-bond donors (Lipinski definition) is 0. The first-order valence-electron chi connectivity index (χ1n) is 2.84. The highest BCUT2D eigenvalue weighted by molar-refractivity contribution is 5.69. The molecule has 0 aromatic heterocycles. The second kappa shape index (κ2) is 1.73. The van der Waals surface area contributed by atoms with E-state index < -0.39 is 6.16 Å². The third-order valence-electron chi connectivity index (χ3n) is 1.23. The van der Waals surface area contributed by atoms with Gasteiger partial charge in [0, 0.05) is 0 Å². The van der Waals surface area contributed by atoms with Crippen molar-refractivity contribution in [3.8, 4) is 11.5 Å². The highest BCUT2D eigenvalue weighted by Gasteiger charge is 2.11. The van der Waals surface area contributed by atoms with Gasteiger partial charge in [-0.1, -0.05) is 0 Å². The van der Waals surface area contributed by atoms with E-state index in [0.29, 0.717) is 11.5 Å². The van der Waals surface area contributed by atoms with Crippen LogP contribution < -0.4 is 9.47 Å². The summed E-state index contributed by atoms with van der Waals surface area (Å²) in [6, 6.07) is 6.72. The number of carbonyl (C=O) groups excluding carboxylic acids is 1. The van der Waals surface area contributed by atoms with Gasteiger partial charge in [0.2, 0.25) is 0 Å². The van der Waals surface area contributed by atoms with Crippen LogP contribution in [0.5, 0.6) is 11.5 Å². The fraction of sp³-hybridized carbons (Fsp3) is 0. The first kappa shape index (κ1) is 5.29. The Kier molecular flexibility index (Phi) is 0.917. The molecule has 1 aromatic rings. The van der Waals surface area contributed by atoms with Crippen molar-refractivity contribution in [3.63, 3.8) is 0 Å². The fourth-order valence-corrected chi connectivity index (χ4v) is 0.789. The van der Waals surface area contributed by atoms with Gasteiger partial charge in [0.1, 0.15) is 11.5 Å². The topological polar surface area (TPSA) is 35.5 Å². The molecule has 0 N–H and O–H groups in total. The fourth-order valence-electron chi connectivity index (χ4n) is 0.789. The first-order valence-corrected chi connectivity index (χ1v) is 2.84. The number of carbonyl (C=O) groups is 1. The third kappa shape index (κ3) is 0.719. The van der Waals surface area contributed by atoms with Crippen molar-refractivity contribution in [2.45, 2.75) is 0 Å². The number of benzene rings is 1. The molecule has 2 aliphatic rings. The van der Waals surface area contributed by atoms with Gasteiger partial charge in [0.25, 0.3) is 0 Å². The molecule has 2 aliphatic heterocycles. The van der Waals surface area contributed by atoms with E-state index in [1.807, 2.05) is 0 Å². The zero-order valence-electron chi connectivity index (χ0n) is 5.03.